The van der Waals surface area contributed by atoms with E-state index < -0.39 is 0 Å². The minimum Gasteiger partial charge on any atom is -0.370 e. The molecule has 0 unspecified atom stereocenters. The Balaban J connectivity index is 1.81. The molecule has 0 saturated carbocycles. The second kappa shape index (κ2) is 6.43. The lowest BCUT2D eigenvalue weighted by Gasteiger charge is -2.37. The number of nitrogens with one attached hydrogen (secondary N) is 2. The molecule has 5 nitrogen and oxygen atoms in total. The summed E-state index contributed by atoms with van der Waals surface area (Å²) >= 11 is 0. The van der Waals surface area contributed by atoms with Crippen molar-refractivity contribution in [1.82, 2.24) is 4.98 Å². The van der Waals surface area contributed by atoms with Gasteiger partial charge in [-0.1, -0.05) is 0 Å². The number of nitrogens with zero attached hydrogens (tertiary/aromatic N) is 1. The van der Waals surface area contributed by atoms with Gasteiger partial charge in [-0.2, -0.15) is 0 Å². The highest BCUT2D eigenvalue weighted by Gasteiger charge is 2.36. The molecule has 0 atom stereocenters. The summed E-state index contributed by atoms with van der Waals surface area (Å²) in [5, 5.41) is 0. The minimum absolute atomic E-state index is 0.474. The molecule has 2 saturated heterocycles. The largest absolute Gasteiger partial charge is 0.370 e. The van der Waals surface area contributed by atoms with Crippen molar-refractivity contribution < 1.29 is 19.3 Å². The van der Waals surface area contributed by atoms with E-state index in [0.29, 0.717) is 6.17 Å². The first-order chi connectivity index (χ1) is 9.45. The summed E-state index contributed by atoms with van der Waals surface area (Å²) in [5.74, 6) is 0. The number of ether oxygens (including phenoxy) is 2. The minimum atomic E-state index is 0.474. The summed E-state index contributed by atoms with van der Waals surface area (Å²) in [5.41, 5.74) is 1.34. The van der Waals surface area contributed by atoms with Crippen molar-refractivity contribution >= 4 is 0 Å². The molecule has 104 valence electrons. The molecular weight excluding hydrogens is 242 g/mol. The molecule has 0 aliphatic carbocycles. The van der Waals surface area contributed by atoms with Crippen LogP contribution in [-0.4, -0.2) is 57.6 Å². The first-order valence-corrected chi connectivity index (χ1v) is 7.20. The molecule has 0 radical (unpaired) electrons. The Morgan fingerprint density at radius 1 is 0.947 bits per heavy atom. The van der Waals surface area contributed by atoms with Crippen molar-refractivity contribution in [2.45, 2.75) is 6.17 Å². The van der Waals surface area contributed by atoms with Gasteiger partial charge in [0.15, 0.2) is 0 Å². The Bertz CT molecular complexity index is 358. The maximum Gasteiger partial charge on any atom is 0.241 e. The van der Waals surface area contributed by atoms with Gasteiger partial charge in [0.1, 0.15) is 26.2 Å². The van der Waals surface area contributed by atoms with E-state index >= 15 is 0 Å². The molecular formula is C14H23N3O2+2. The molecule has 0 aromatic carbocycles. The van der Waals surface area contributed by atoms with E-state index in [2.05, 4.69) is 11.1 Å². The number of rotatable bonds is 3. The lowest BCUT2D eigenvalue weighted by molar-refractivity contribution is -1.14. The van der Waals surface area contributed by atoms with E-state index in [1.54, 1.807) is 9.80 Å². The average molecular weight is 265 g/mol. The van der Waals surface area contributed by atoms with Crippen molar-refractivity contribution in [3.63, 3.8) is 0 Å². The highest BCUT2D eigenvalue weighted by molar-refractivity contribution is 5.09. The van der Waals surface area contributed by atoms with Crippen LogP contribution in [0.15, 0.2) is 24.5 Å². The Labute approximate surface area is 114 Å². The standard InChI is InChI=1S/C14H21N3O2/c1-2-13(12-15-3-1)14(16-4-8-18-9-5-16)17-6-10-19-11-7-17/h1-3,12,14H,4-11H2/p+2. The fourth-order valence-corrected chi connectivity index (χ4v) is 3.15. The molecule has 2 fully saturated rings. The van der Waals surface area contributed by atoms with Gasteiger partial charge in [0.25, 0.3) is 0 Å². The number of hydrogen-bond acceptors (Lipinski definition) is 3. The summed E-state index contributed by atoms with van der Waals surface area (Å²) in [4.78, 5) is 7.55. The third kappa shape index (κ3) is 3.12. The van der Waals surface area contributed by atoms with Gasteiger partial charge < -0.3 is 9.47 Å². The molecule has 1 aromatic heterocycles. The van der Waals surface area contributed by atoms with Crippen molar-refractivity contribution in [3.05, 3.63) is 30.1 Å². The topological polar surface area (TPSA) is 40.2 Å². The Hall–Kier alpha value is -1.01. The van der Waals surface area contributed by atoms with E-state index in [1.807, 2.05) is 18.5 Å². The predicted octanol–water partition coefficient (Wildman–Crippen LogP) is -2.09. The van der Waals surface area contributed by atoms with Crippen LogP contribution in [0.5, 0.6) is 0 Å². The van der Waals surface area contributed by atoms with Crippen molar-refractivity contribution in [3.8, 4) is 0 Å². The molecule has 2 aliphatic heterocycles. The van der Waals surface area contributed by atoms with Gasteiger partial charge in [0.05, 0.1) is 32.0 Å². The zero-order chi connectivity index (χ0) is 12.9. The van der Waals surface area contributed by atoms with Crippen LogP contribution in [0.3, 0.4) is 0 Å². The molecule has 5 heteroatoms. The normalized spacial score (nSPS) is 22.8. The van der Waals surface area contributed by atoms with Crippen LogP contribution in [0.2, 0.25) is 0 Å². The van der Waals surface area contributed by atoms with Gasteiger partial charge in [0.2, 0.25) is 6.17 Å². The molecule has 0 spiro atoms. The van der Waals surface area contributed by atoms with E-state index in [0.717, 1.165) is 52.6 Å². The SMILES string of the molecule is c1cncc(C([NH+]2CCOCC2)[NH+]2CCOCC2)c1. The second-order valence-electron chi connectivity index (χ2n) is 5.26. The van der Waals surface area contributed by atoms with Gasteiger partial charge >= 0.3 is 0 Å². The maximum absolute atomic E-state index is 5.50. The molecule has 2 N–H and O–H groups in total. The van der Waals surface area contributed by atoms with Crippen LogP contribution in [0.25, 0.3) is 0 Å². The molecule has 2 aliphatic rings. The number of pyridine rings is 1. The summed E-state index contributed by atoms with van der Waals surface area (Å²) in [6, 6.07) is 4.25. The fraction of sp³-hybridized carbons (Fsp3) is 0.643. The van der Waals surface area contributed by atoms with Crippen LogP contribution in [0.1, 0.15) is 11.7 Å². The third-order valence-electron chi connectivity index (χ3n) is 4.10. The van der Waals surface area contributed by atoms with Gasteiger partial charge in [-0.3, -0.25) is 14.8 Å². The van der Waals surface area contributed by atoms with Crippen LogP contribution in [-0.2, 0) is 9.47 Å². The van der Waals surface area contributed by atoms with Gasteiger partial charge in [0, 0.05) is 12.4 Å². The van der Waals surface area contributed by atoms with E-state index in [9.17, 15) is 0 Å². The fourth-order valence-electron chi connectivity index (χ4n) is 3.15. The summed E-state index contributed by atoms with van der Waals surface area (Å²) < 4.78 is 11.0. The Morgan fingerprint density at radius 2 is 1.53 bits per heavy atom. The number of quaternary nitrogens is 2. The van der Waals surface area contributed by atoms with Crippen molar-refractivity contribution in [2.24, 2.45) is 0 Å². The van der Waals surface area contributed by atoms with Crippen LogP contribution >= 0.6 is 0 Å². The second-order valence-corrected chi connectivity index (χ2v) is 5.26. The molecule has 3 rings (SSSR count). The lowest BCUT2D eigenvalue weighted by Crippen LogP contribution is -3.32. The Kier molecular flexibility index (Phi) is 4.40. The van der Waals surface area contributed by atoms with E-state index in [4.69, 9.17) is 9.47 Å². The highest BCUT2D eigenvalue weighted by atomic mass is 16.5. The quantitative estimate of drug-likeness (QED) is 0.658. The molecule has 3 heterocycles. The van der Waals surface area contributed by atoms with Gasteiger partial charge in [-0.05, 0) is 12.1 Å². The summed E-state index contributed by atoms with van der Waals surface area (Å²) in [6.45, 7) is 7.83. The van der Waals surface area contributed by atoms with Gasteiger partial charge in [-0.15, -0.1) is 0 Å². The first kappa shape index (κ1) is 13.0. The van der Waals surface area contributed by atoms with Crippen molar-refractivity contribution in [2.75, 3.05) is 52.6 Å². The van der Waals surface area contributed by atoms with Crippen LogP contribution in [0, 0.1) is 0 Å². The zero-order valence-corrected chi connectivity index (χ0v) is 11.3. The predicted molar refractivity (Wildman–Crippen MR) is 70.0 cm³/mol. The smallest absolute Gasteiger partial charge is 0.241 e. The highest BCUT2D eigenvalue weighted by Crippen LogP contribution is 2.02. The number of hydrogen-bond donors (Lipinski definition) is 2. The Morgan fingerprint density at radius 3 is 2.00 bits per heavy atom. The third-order valence-corrected chi connectivity index (χ3v) is 4.10. The number of morpholine rings is 2. The molecule has 19 heavy (non-hydrogen) atoms. The maximum atomic E-state index is 5.50. The van der Waals surface area contributed by atoms with Crippen LogP contribution < -0.4 is 9.80 Å². The first-order valence-electron chi connectivity index (χ1n) is 7.20. The van der Waals surface area contributed by atoms with E-state index in [1.165, 1.54) is 5.56 Å². The van der Waals surface area contributed by atoms with Gasteiger partial charge in [-0.25, -0.2) is 0 Å². The van der Waals surface area contributed by atoms with E-state index in [-0.39, 0.29) is 0 Å². The van der Waals surface area contributed by atoms with Crippen molar-refractivity contribution in [1.29, 1.82) is 0 Å². The zero-order valence-electron chi connectivity index (χ0n) is 11.3. The number of aromatic nitrogens is 1. The summed E-state index contributed by atoms with van der Waals surface area (Å²) in [7, 11) is 0. The summed E-state index contributed by atoms with van der Waals surface area (Å²) in [6.07, 6.45) is 4.35. The average Bonchev–Trinajstić information content (AvgIpc) is 2.51. The molecule has 0 amide bonds. The molecule has 0 bridgehead atoms. The molecule has 1 aromatic rings. The monoisotopic (exact) mass is 265 g/mol. The van der Waals surface area contributed by atoms with Crippen LogP contribution in [0.4, 0.5) is 0 Å². The lowest BCUT2D eigenvalue weighted by atomic mass is 10.1.